The Morgan fingerprint density at radius 2 is 1.43 bits per heavy atom. The van der Waals surface area contributed by atoms with Crippen molar-refractivity contribution in [1.82, 2.24) is 0 Å². The number of rotatable bonds is 6. The topological polar surface area (TPSA) is 114 Å². The first-order chi connectivity index (χ1) is 21.6. The predicted octanol–water partition coefficient (Wildman–Crippen LogP) is 7.02. The molecular formula is C33H25F3O9S. The summed E-state index contributed by atoms with van der Waals surface area (Å²) in [6.45, 7) is 5.31. The highest BCUT2D eigenvalue weighted by molar-refractivity contribution is 7.88. The third kappa shape index (κ3) is 5.51. The molecule has 0 aromatic heterocycles. The molecule has 13 heteroatoms. The van der Waals surface area contributed by atoms with Crippen LogP contribution in [0.1, 0.15) is 63.7 Å². The molecule has 0 radical (unpaired) electrons. The Balaban J connectivity index is 1.47. The van der Waals surface area contributed by atoms with Gasteiger partial charge in [0.2, 0.25) is 0 Å². The van der Waals surface area contributed by atoms with E-state index in [-0.39, 0.29) is 34.8 Å². The Kier molecular flexibility index (Phi) is 7.27. The Morgan fingerprint density at radius 1 is 0.826 bits per heavy atom. The van der Waals surface area contributed by atoms with Crippen LogP contribution in [-0.2, 0) is 31.8 Å². The molecule has 2 heterocycles. The van der Waals surface area contributed by atoms with Gasteiger partial charge in [-0.1, -0.05) is 36.4 Å². The molecule has 0 saturated carbocycles. The van der Waals surface area contributed by atoms with Gasteiger partial charge in [-0.2, -0.15) is 21.6 Å². The number of alkyl halides is 3. The minimum Gasteiger partial charge on any atom is -0.489 e. The number of carbonyl (C=O) groups excluding carboxylic acids is 2. The number of carbonyl (C=O) groups is 2. The van der Waals surface area contributed by atoms with Gasteiger partial charge in [0.15, 0.2) is 5.60 Å². The van der Waals surface area contributed by atoms with Crippen molar-refractivity contribution in [3.05, 3.63) is 118 Å². The monoisotopic (exact) mass is 654 g/mol. The number of fused-ring (bicyclic) bond motifs is 6. The summed E-state index contributed by atoms with van der Waals surface area (Å²) in [6.07, 6.45) is 0. The van der Waals surface area contributed by atoms with Crippen LogP contribution < -0.4 is 13.7 Å². The van der Waals surface area contributed by atoms with Gasteiger partial charge in [-0.15, -0.1) is 0 Å². The number of hydrogen-bond acceptors (Lipinski definition) is 9. The largest absolute Gasteiger partial charge is 0.534 e. The number of hydrogen-bond donors (Lipinski definition) is 0. The molecule has 0 bridgehead atoms. The second kappa shape index (κ2) is 10.8. The molecule has 0 saturated heterocycles. The van der Waals surface area contributed by atoms with E-state index >= 15 is 0 Å². The van der Waals surface area contributed by atoms with Crippen LogP contribution in [0.25, 0.3) is 0 Å². The Bertz CT molecular complexity index is 1980. The molecule has 0 amide bonds. The minimum absolute atomic E-state index is 0.0477. The van der Waals surface area contributed by atoms with Crippen LogP contribution in [0.3, 0.4) is 0 Å². The van der Waals surface area contributed by atoms with Gasteiger partial charge in [0.05, 0.1) is 11.1 Å². The van der Waals surface area contributed by atoms with Crippen LogP contribution in [-0.4, -0.2) is 31.5 Å². The molecule has 9 nitrogen and oxygen atoms in total. The smallest absolute Gasteiger partial charge is 0.489 e. The Hall–Kier alpha value is -5.04. The van der Waals surface area contributed by atoms with E-state index in [9.17, 15) is 31.2 Å². The number of benzene rings is 4. The van der Waals surface area contributed by atoms with E-state index < -0.39 is 44.5 Å². The van der Waals surface area contributed by atoms with Crippen molar-refractivity contribution in [2.75, 3.05) is 0 Å². The maximum atomic E-state index is 13.4. The molecule has 238 valence electrons. The van der Waals surface area contributed by atoms with Crippen LogP contribution in [0, 0.1) is 0 Å². The maximum Gasteiger partial charge on any atom is 0.534 e. The van der Waals surface area contributed by atoms with Gasteiger partial charge >= 0.3 is 27.6 Å². The molecular weight excluding hydrogens is 629 g/mol. The quantitative estimate of drug-likeness (QED) is 0.123. The van der Waals surface area contributed by atoms with Crippen LogP contribution in [0.2, 0.25) is 0 Å². The number of esters is 2. The average Bonchev–Trinajstić information content (AvgIpc) is 3.26. The maximum absolute atomic E-state index is 13.4. The molecule has 4 aromatic rings. The van der Waals surface area contributed by atoms with Crippen LogP contribution >= 0.6 is 0 Å². The van der Waals surface area contributed by atoms with Crippen molar-refractivity contribution in [3.63, 3.8) is 0 Å². The summed E-state index contributed by atoms with van der Waals surface area (Å²) < 4.78 is 90.5. The lowest BCUT2D eigenvalue weighted by Crippen LogP contribution is -2.33. The van der Waals surface area contributed by atoms with E-state index in [2.05, 4.69) is 4.18 Å². The minimum atomic E-state index is -5.99. The van der Waals surface area contributed by atoms with Crippen LogP contribution in [0.5, 0.6) is 23.0 Å². The SMILES string of the molecule is CC(C)(C)OC(=O)c1ccc2c(c1)C(=O)OC21c2ccc(OCc3ccccc3)cc2Oc2cc(OS(=O)(=O)C(F)(F)F)ccc21. The van der Waals surface area contributed by atoms with Crippen molar-refractivity contribution in [2.24, 2.45) is 0 Å². The zero-order valence-electron chi connectivity index (χ0n) is 24.5. The number of halogens is 3. The van der Waals surface area contributed by atoms with E-state index in [4.69, 9.17) is 18.9 Å². The molecule has 0 N–H and O–H groups in total. The average molecular weight is 655 g/mol. The fourth-order valence-electron chi connectivity index (χ4n) is 5.21. The van der Waals surface area contributed by atoms with E-state index in [1.54, 1.807) is 32.9 Å². The zero-order valence-corrected chi connectivity index (χ0v) is 25.3. The third-order valence-corrected chi connectivity index (χ3v) is 8.10. The first kappa shape index (κ1) is 31.0. The molecule has 0 fully saturated rings. The first-order valence-electron chi connectivity index (χ1n) is 13.8. The summed E-state index contributed by atoms with van der Waals surface area (Å²) >= 11 is 0. The third-order valence-electron chi connectivity index (χ3n) is 7.12. The van der Waals surface area contributed by atoms with E-state index in [1.807, 2.05) is 30.3 Å². The van der Waals surface area contributed by atoms with Crippen molar-refractivity contribution < 1.29 is 54.3 Å². The lowest BCUT2D eigenvalue weighted by atomic mass is 9.77. The molecule has 6 rings (SSSR count). The molecule has 1 atom stereocenters. The summed E-state index contributed by atoms with van der Waals surface area (Å²) in [5.41, 5.74) is -6.30. The fraction of sp³-hybridized carbons (Fsp3) is 0.212. The predicted molar refractivity (Wildman–Crippen MR) is 156 cm³/mol. The molecule has 46 heavy (non-hydrogen) atoms. The van der Waals surface area contributed by atoms with Gasteiger partial charge in [0.25, 0.3) is 0 Å². The second-order valence-corrected chi connectivity index (χ2v) is 13.0. The molecule has 2 aliphatic rings. The molecule has 0 aliphatic carbocycles. The van der Waals surface area contributed by atoms with Gasteiger partial charge in [0, 0.05) is 28.8 Å². The summed E-state index contributed by atoms with van der Waals surface area (Å²) in [7, 11) is -5.99. The highest BCUT2D eigenvalue weighted by Crippen LogP contribution is 2.57. The first-order valence-corrected chi connectivity index (χ1v) is 15.2. The van der Waals surface area contributed by atoms with E-state index in [1.165, 1.54) is 30.3 Å². The molecule has 1 unspecified atom stereocenters. The van der Waals surface area contributed by atoms with Crippen molar-refractivity contribution >= 4 is 22.1 Å². The summed E-state index contributed by atoms with van der Waals surface area (Å²) in [5.74, 6) is -1.80. The lowest BCUT2D eigenvalue weighted by Gasteiger charge is -2.36. The number of ether oxygens (including phenoxy) is 4. The summed E-state index contributed by atoms with van der Waals surface area (Å²) in [4.78, 5) is 26.2. The summed E-state index contributed by atoms with van der Waals surface area (Å²) in [5, 5.41) is 0. The van der Waals surface area contributed by atoms with Gasteiger partial charge in [0.1, 0.15) is 35.2 Å². The van der Waals surface area contributed by atoms with Gasteiger partial charge in [-0.05, 0) is 62.7 Å². The zero-order chi connectivity index (χ0) is 33.1. The standard InChI is InChI=1S/C33H25F3O9S/c1-31(2,3)43-29(37)20-9-12-24-23(15-20)30(38)44-32(24)25-13-10-21(41-18-19-7-5-4-6-8-19)16-27(25)42-28-17-22(11-14-26(28)32)45-46(39,40)33(34,35)36/h4-17H,18H2,1-3H3. The normalized spacial score (nSPS) is 16.9. The van der Waals surface area contributed by atoms with Crippen molar-refractivity contribution in [2.45, 2.75) is 44.1 Å². The van der Waals surface area contributed by atoms with Gasteiger partial charge in [-0.3, -0.25) is 0 Å². The molecule has 4 aromatic carbocycles. The molecule has 1 spiro atoms. The van der Waals surface area contributed by atoms with Gasteiger partial charge in [-0.25, -0.2) is 9.59 Å². The van der Waals surface area contributed by atoms with Crippen LogP contribution in [0.4, 0.5) is 13.2 Å². The summed E-state index contributed by atoms with van der Waals surface area (Å²) in [6, 6.07) is 21.7. The Morgan fingerprint density at radius 3 is 2.07 bits per heavy atom. The highest BCUT2D eigenvalue weighted by Gasteiger charge is 2.54. The lowest BCUT2D eigenvalue weighted by molar-refractivity contribution is -0.0500. The Labute approximate surface area is 261 Å². The second-order valence-electron chi connectivity index (χ2n) is 11.5. The van der Waals surface area contributed by atoms with Crippen molar-refractivity contribution in [3.8, 4) is 23.0 Å². The van der Waals surface area contributed by atoms with Gasteiger partial charge < -0.3 is 23.1 Å². The van der Waals surface area contributed by atoms with E-state index in [0.717, 1.165) is 17.7 Å². The van der Waals surface area contributed by atoms with Crippen LogP contribution in [0.15, 0.2) is 84.9 Å². The fourth-order valence-corrected chi connectivity index (χ4v) is 5.66. The van der Waals surface area contributed by atoms with Crippen molar-refractivity contribution in [1.29, 1.82) is 0 Å². The molecule has 2 aliphatic heterocycles. The highest BCUT2D eigenvalue weighted by atomic mass is 32.2. The van der Waals surface area contributed by atoms with E-state index in [0.29, 0.717) is 16.9 Å².